The zero-order valence-electron chi connectivity index (χ0n) is 17.2. The summed E-state index contributed by atoms with van der Waals surface area (Å²) in [4.78, 5) is 12.6. The Morgan fingerprint density at radius 3 is 1.83 bits per heavy atom. The Morgan fingerprint density at radius 1 is 0.733 bits per heavy atom. The highest BCUT2D eigenvalue weighted by Crippen LogP contribution is 2.53. The molecule has 3 unspecified atom stereocenters. The Hall–Kier alpha value is -3.47. The maximum atomic E-state index is 12.6. The second-order valence-electron chi connectivity index (χ2n) is 7.34. The molecule has 5 heteroatoms. The molecule has 30 heavy (non-hydrogen) atoms. The predicted octanol–water partition coefficient (Wildman–Crippen LogP) is 4.69. The first-order valence-corrected chi connectivity index (χ1v) is 9.76. The lowest BCUT2D eigenvalue weighted by atomic mass is 9.79. The van der Waals surface area contributed by atoms with E-state index in [1.54, 1.807) is 21.3 Å². The number of methoxy groups -OCH3 is 3. The van der Waals surface area contributed by atoms with Gasteiger partial charge in [0.05, 0.1) is 27.2 Å². The number of carboxylic acid groups (broad SMARTS) is 1. The molecule has 0 saturated heterocycles. The molecule has 3 atom stereocenters. The SMILES string of the molecule is COc1ccc(C2c3ccccc3C(c3ccc(OC)c(OC)c3)C2C(=O)O)cc1. The summed E-state index contributed by atoms with van der Waals surface area (Å²) in [5.41, 5.74) is 3.91. The molecular formula is C25H24O5. The van der Waals surface area contributed by atoms with Gasteiger partial charge in [0.15, 0.2) is 11.5 Å². The van der Waals surface area contributed by atoms with Crippen LogP contribution in [0.2, 0.25) is 0 Å². The normalized spacial score (nSPS) is 19.8. The molecule has 0 bridgehead atoms. The van der Waals surface area contributed by atoms with E-state index in [0.717, 1.165) is 28.0 Å². The summed E-state index contributed by atoms with van der Waals surface area (Å²) in [6.07, 6.45) is 0. The number of rotatable bonds is 6. The molecule has 0 aromatic heterocycles. The van der Waals surface area contributed by atoms with Crippen molar-refractivity contribution in [1.29, 1.82) is 0 Å². The third-order valence-corrected chi connectivity index (χ3v) is 5.91. The van der Waals surface area contributed by atoms with Crippen LogP contribution in [0.25, 0.3) is 0 Å². The molecule has 0 spiro atoms. The second kappa shape index (κ2) is 8.11. The van der Waals surface area contributed by atoms with Crippen molar-refractivity contribution in [2.75, 3.05) is 21.3 Å². The summed E-state index contributed by atoms with van der Waals surface area (Å²) in [6.45, 7) is 0. The van der Waals surface area contributed by atoms with Crippen molar-refractivity contribution in [3.8, 4) is 17.2 Å². The first-order chi connectivity index (χ1) is 14.6. The first-order valence-electron chi connectivity index (χ1n) is 9.76. The maximum Gasteiger partial charge on any atom is 0.308 e. The Morgan fingerprint density at radius 2 is 1.30 bits per heavy atom. The maximum absolute atomic E-state index is 12.6. The minimum absolute atomic E-state index is 0.261. The van der Waals surface area contributed by atoms with Gasteiger partial charge >= 0.3 is 5.97 Å². The smallest absolute Gasteiger partial charge is 0.308 e. The van der Waals surface area contributed by atoms with Crippen LogP contribution in [0.1, 0.15) is 34.1 Å². The van der Waals surface area contributed by atoms with Gasteiger partial charge in [0.25, 0.3) is 0 Å². The first kappa shape index (κ1) is 19.8. The van der Waals surface area contributed by atoms with Gasteiger partial charge < -0.3 is 19.3 Å². The van der Waals surface area contributed by atoms with E-state index in [9.17, 15) is 9.90 Å². The minimum Gasteiger partial charge on any atom is -0.497 e. The highest BCUT2D eigenvalue weighted by atomic mass is 16.5. The van der Waals surface area contributed by atoms with Gasteiger partial charge in [-0.15, -0.1) is 0 Å². The molecule has 5 nitrogen and oxygen atoms in total. The molecule has 1 N–H and O–H groups in total. The average molecular weight is 404 g/mol. The molecule has 1 aliphatic rings. The largest absolute Gasteiger partial charge is 0.497 e. The van der Waals surface area contributed by atoms with E-state index in [4.69, 9.17) is 14.2 Å². The second-order valence-corrected chi connectivity index (χ2v) is 7.34. The number of fused-ring (bicyclic) bond motifs is 1. The van der Waals surface area contributed by atoms with Crippen LogP contribution in [0.3, 0.4) is 0 Å². The molecule has 3 aromatic carbocycles. The molecule has 1 aliphatic carbocycles. The number of aliphatic carboxylic acids is 1. The van der Waals surface area contributed by atoms with Gasteiger partial charge in [0, 0.05) is 11.8 Å². The van der Waals surface area contributed by atoms with Crippen LogP contribution in [0, 0.1) is 5.92 Å². The van der Waals surface area contributed by atoms with Crippen molar-refractivity contribution < 1.29 is 24.1 Å². The zero-order valence-corrected chi connectivity index (χ0v) is 17.2. The van der Waals surface area contributed by atoms with Crippen molar-refractivity contribution >= 4 is 5.97 Å². The Kier molecular flexibility index (Phi) is 5.36. The third kappa shape index (κ3) is 3.26. The Balaban J connectivity index is 1.87. The monoisotopic (exact) mass is 404 g/mol. The average Bonchev–Trinajstić information content (AvgIpc) is 3.14. The van der Waals surface area contributed by atoms with Gasteiger partial charge in [-0.2, -0.15) is 0 Å². The number of hydrogen-bond donors (Lipinski definition) is 1. The molecular weight excluding hydrogens is 380 g/mol. The van der Waals surface area contributed by atoms with Crippen LogP contribution in [-0.4, -0.2) is 32.4 Å². The van der Waals surface area contributed by atoms with Gasteiger partial charge in [-0.3, -0.25) is 4.79 Å². The Labute approximate surface area is 175 Å². The molecule has 154 valence electrons. The number of ether oxygens (including phenoxy) is 3. The summed E-state index contributed by atoms with van der Waals surface area (Å²) in [5.74, 6) is -0.0852. The van der Waals surface area contributed by atoms with Gasteiger partial charge in [0.1, 0.15) is 5.75 Å². The molecule has 4 rings (SSSR count). The number of hydrogen-bond acceptors (Lipinski definition) is 4. The summed E-state index contributed by atoms with van der Waals surface area (Å²) in [6, 6.07) is 21.3. The molecule has 3 aromatic rings. The third-order valence-electron chi connectivity index (χ3n) is 5.91. The van der Waals surface area contributed by atoms with Crippen molar-refractivity contribution in [1.82, 2.24) is 0 Å². The van der Waals surface area contributed by atoms with E-state index in [1.807, 2.05) is 66.7 Å². The lowest BCUT2D eigenvalue weighted by Gasteiger charge is -2.23. The molecule has 0 aliphatic heterocycles. The number of benzene rings is 3. The predicted molar refractivity (Wildman–Crippen MR) is 114 cm³/mol. The topological polar surface area (TPSA) is 65.0 Å². The molecule has 0 heterocycles. The van der Waals surface area contributed by atoms with Gasteiger partial charge in [-0.05, 0) is 46.5 Å². The standard InChI is InChI=1S/C25H24O5/c1-28-17-11-8-15(9-12-17)22-18-6-4-5-7-19(18)23(24(22)25(26)27)16-10-13-20(29-2)21(14-16)30-3/h4-14,22-24H,1-3H3,(H,26,27). The molecule has 0 saturated carbocycles. The van der Waals surface area contributed by atoms with Crippen LogP contribution in [0.5, 0.6) is 17.2 Å². The minimum atomic E-state index is -0.827. The van der Waals surface area contributed by atoms with Crippen molar-refractivity contribution in [2.24, 2.45) is 5.92 Å². The highest BCUT2D eigenvalue weighted by molar-refractivity contribution is 5.78. The number of carboxylic acids is 1. The molecule has 0 fully saturated rings. The van der Waals surface area contributed by atoms with Gasteiger partial charge in [-0.25, -0.2) is 0 Å². The van der Waals surface area contributed by atoms with E-state index >= 15 is 0 Å². The van der Waals surface area contributed by atoms with Crippen molar-refractivity contribution in [3.05, 3.63) is 89.0 Å². The highest BCUT2D eigenvalue weighted by Gasteiger charge is 2.46. The van der Waals surface area contributed by atoms with E-state index in [2.05, 4.69) is 0 Å². The lowest BCUT2D eigenvalue weighted by Crippen LogP contribution is -2.24. The fraction of sp³-hybridized carbons (Fsp3) is 0.240. The quantitative estimate of drug-likeness (QED) is 0.646. The zero-order chi connectivity index (χ0) is 21.3. The van der Waals surface area contributed by atoms with Crippen molar-refractivity contribution in [2.45, 2.75) is 11.8 Å². The van der Waals surface area contributed by atoms with Gasteiger partial charge in [-0.1, -0.05) is 42.5 Å². The molecule has 0 amide bonds. The Bertz CT molecular complexity index is 1060. The molecule has 0 radical (unpaired) electrons. The number of carbonyl (C=O) groups is 1. The van der Waals surface area contributed by atoms with E-state index in [1.165, 1.54) is 0 Å². The van der Waals surface area contributed by atoms with Crippen LogP contribution in [0.4, 0.5) is 0 Å². The summed E-state index contributed by atoms with van der Waals surface area (Å²) in [7, 11) is 4.79. The van der Waals surface area contributed by atoms with Crippen molar-refractivity contribution in [3.63, 3.8) is 0 Å². The van der Waals surface area contributed by atoms with E-state index in [0.29, 0.717) is 11.5 Å². The van der Waals surface area contributed by atoms with Gasteiger partial charge in [0.2, 0.25) is 0 Å². The summed E-state index contributed by atoms with van der Waals surface area (Å²) >= 11 is 0. The van der Waals surface area contributed by atoms with Crippen LogP contribution >= 0.6 is 0 Å². The van der Waals surface area contributed by atoms with E-state index in [-0.39, 0.29) is 11.8 Å². The summed E-state index contributed by atoms with van der Waals surface area (Å²) in [5, 5.41) is 10.3. The van der Waals surface area contributed by atoms with Crippen LogP contribution in [0.15, 0.2) is 66.7 Å². The lowest BCUT2D eigenvalue weighted by molar-refractivity contribution is -0.142. The fourth-order valence-electron chi connectivity index (χ4n) is 4.57. The van der Waals surface area contributed by atoms with E-state index < -0.39 is 11.9 Å². The summed E-state index contributed by atoms with van der Waals surface area (Å²) < 4.78 is 16.1. The van der Waals surface area contributed by atoms with Crippen LogP contribution in [-0.2, 0) is 4.79 Å². The fourth-order valence-corrected chi connectivity index (χ4v) is 4.57. The van der Waals surface area contributed by atoms with Crippen LogP contribution < -0.4 is 14.2 Å².